The molecule has 0 aromatic carbocycles. The van der Waals surface area contributed by atoms with Crippen molar-refractivity contribution in [3.8, 4) is 0 Å². The minimum Gasteiger partial charge on any atom is -0.381 e. The smallest absolute Gasteiger partial charge is 0.154 e. The molecule has 1 N–H and O–H groups in total. The van der Waals surface area contributed by atoms with Crippen LogP contribution in [0.5, 0.6) is 0 Å². The van der Waals surface area contributed by atoms with Crippen molar-refractivity contribution in [3.05, 3.63) is 17.3 Å². The number of hydrogen-bond acceptors (Lipinski definition) is 5. The van der Waals surface area contributed by atoms with Gasteiger partial charge in [-0.25, -0.2) is 0 Å². The average molecular weight is 262 g/mol. The van der Waals surface area contributed by atoms with Gasteiger partial charge in [0.2, 0.25) is 0 Å². The third kappa shape index (κ3) is 2.87. The number of piperazine rings is 1. The number of aryl methyl sites for hydroxylation is 1. The van der Waals surface area contributed by atoms with Crippen LogP contribution in [0, 0.1) is 6.92 Å². The van der Waals surface area contributed by atoms with Crippen molar-refractivity contribution >= 4 is 5.82 Å². The highest BCUT2D eigenvalue weighted by Gasteiger charge is 2.20. The first-order valence-electron chi connectivity index (χ1n) is 7.22. The molecule has 0 saturated carbocycles. The molecule has 1 aromatic heterocycles. The van der Waals surface area contributed by atoms with Gasteiger partial charge in [0.25, 0.3) is 0 Å². The van der Waals surface area contributed by atoms with Crippen LogP contribution >= 0.6 is 0 Å². The summed E-state index contributed by atoms with van der Waals surface area (Å²) in [5.74, 6) is 1.58. The number of aromatic nitrogens is 2. The zero-order valence-electron chi connectivity index (χ0n) is 11.6. The maximum atomic E-state index is 5.41. The molecule has 0 spiro atoms. The van der Waals surface area contributed by atoms with Crippen molar-refractivity contribution < 1.29 is 4.74 Å². The van der Waals surface area contributed by atoms with Crippen molar-refractivity contribution in [1.29, 1.82) is 0 Å². The Balaban J connectivity index is 1.76. The van der Waals surface area contributed by atoms with Gasteiger partial charge in [-0.15, -0.1) is 5.10 Å². The average Bonchev–Trinajstić information content (AvgIpc) is 2.49. The zero-order valence-corrected chi connectivity index (χ0v) is 11.6. The lowest BCUT2D eigenvalue weighted by Crippen LogP contribution is -2.44. The van der Waals surface area contributed by atoms with E-state index in [-0.39, 0.29) is 0 Å². The molecule has 0 amide bonds. The van der Waals surface area contributed by atoms with Crippen LogP contribution in [0.4, 0.5) is 5.82 Å². The van der Waals surface area contributed by atoms with E-state index in [4.69, 9.17) is 4.74 Å². The predicted molar refractivity (Wildman–Crippen MR) is 74.6 cm³/mol. The quantitative estimate of drug-likeness (QED) is 0.864. The van der Waals surface area contributed by atoms with Crippen LogP contribution in [0.25, 0.3) is 0 Å². The van der Waals surface area contributed by atoms with E-state index in [0.717, 1.165) is 63.7 Å². The van der Waals surface area contributed by atoms with Gasteiger partial charge < -0.3 is 15.0 Å². The summed E-state index contributed by atoms with van der Waals surface area (Å²) < 4.78 is 5.41. The van der Waals surface area contributed by atoms with Crippen molar-refractivity contribution in [2.45, 2.75) is 25.7 Å². The first-order valence-corrected chi connectivity index (χ1v) is 7.22. The highest BCUT2D eigenvalue weighted by atomic mass is 16.5. The summed E-state index contributed by atoms with van der Waals surface area (Å²) in [4.78, 5) is 2.33. The maximum absolute atomic E-state index is 5.41. The Labute approximate surface area is 114 Å². The van der Waals surface area contributed by atoms with Gasteiger partial charge in [0.05, 0.1) is 5.69 Å². The Morgan fingerprint density at radius 2 is 1.95 bits per heavy atom. The molecule has 0 radical (unpaired) electrons. The van der Waals surface area contributed by atoms with Crippen LogP contribution in [0.15, 0.2) is 6.07 Å². The molecule has 2 saturated heterocycles. The van der Waals surface area contributed by atoms with Gasteiger partial charge in [0.1, 0.15) is 0 Å². The van der Waals surface area contributed by atoms with Crippen molar-refractivity contribution in [2.24, 2.45) is 0 Å². The molecule has 2 fully saturated rings. The molecule has 104 valence electrons. The number of rotatable bonds is 2. The summed E-state index contributed by atoms with van der Waals surface area (Å²) in [6.45, 7) is 7.95. The third-order valence-corrected chi connectivity index (χ3v) is 4.03. The summed E-state index contributed by atoms with van der Waals surface area (Å²) in [7, 11) is 0. The fourth-order valence-corrected chi connectivity index (χ4v) is 2.88. The minimum absolute atomic E-state index is 0.525. The van der Waals surface area contributed by atoms with Crippen LogP contribution < -0.4 is 10.2 Å². The molecule has 0 atom stereocenters. The first kappa shape index (κ1) is 12.8. The first-order chi connectivity index (χ1) is 9.34. The Hall–Kier alpha value is -1.20. The number of nitrogens with one attached hydrogen (secondary N) is 1. The van der Waals surface area contributed by atoms with Crippen molar-refractivity contribution in [2.75, 3.05) is 44.3 Å². The largest absolute Gasteiger partial charge is 0.381 e. The van der Waals surface area contributed by atoms with Gasteiger partial charge in [-0.1, -0.05) is 0 Å². The number of nitrogens with zero attached hydrogens (tertiary/aromatic N) is 3. The lowest BCUT2D eigenvalue weighted by atomic mass is 9.95. The minimum atomic E-state index is 0.525. The highest BCUT2D eigenvalue weighted by Crippen LogP contribution is 2.27. The second-order valence-corrected chi connectivity index (χ2v) is 5.40. The van der Waals surface area contributed by atoms with Crippen molar-refractivity contribution in [3.63, 3.8) is 0 Å². The molecule has 2 aliphatic heterocycles. The monoisotopic (exact) mass is 262 g/mol. The molecule has 1 aromatic rings. The van der Waals surface area contributed by atoms with Crippen LogP contribution in [0.1, 0.15) is 30.0 Å². The van der Waals surface area contributed by atoms with E-state index in [1.54, 1.807) is 0 Å². The van der Waals surface area contributed by atoms with Crippen LogP contribution in [-0.2, 0) is 4.74 Å². The van der Waals surface area contributed by atoms with Gasteiger partial charge in [-0.3, -0.25) is 0 Å². The summed E-state index contributed by atoms with van der Waals surface area (Å²) >= 11 is 0. The third-order valence-electron chi connectivity index (χ3n) is 4.03. The maximum Gasteiger partial charge on any atom is 0.154 e. The molecule has 5 nitrogen and oxygen atoms in total. The lowest BCUT2D eigenvalue weighted by Gasteiger charge is -2.29. The molecule has 2 aliphatic rings. The van der Waals surface area contributed by atoms with Crippen LogP contribution in [0.2, 0.25) is 0 Å². The van der Waals surface area contributed by atoms with E-state index in [1.165, 1.54) is 5.56 Å². The lowest BCUT2D eigenvalue weighted by molar-refractivity contribution is 0.0843. The van der Waals surface area contributed by atoms with Gasteiger partial charge in [0, 0.05) is 45.3 Å². The molecule has 3 heterocycles. The zero-order chi connectivity index (χ0) is 13.1. The van der Waals surface area contributed by atoms with E-state index in [0.29, 0.717) is 5.92 Å². The fraction of sp³-hybridized carbons (Fsp3) is 0.714. The molecular formula is C14H22N4O. The van der Waals surface area contributed by atoms with E-state index < -0.39 is 0 Å². The number of anilines is 1. The van der Waals surface area contributed by atoms with Crippen LogP contribution in [0.3, 0.4) is 0 Å². The Morgan fingerprint density at radius 1 is 1.21 bits per heavy atom. The molecule has 3 rings (SSSR count). The predicted octanol–water partition coefficient (Wildman–Crippen LogP) is 1.09. The molecule has 5 heteroatoms. The summed E-state index contributed by atoms with van der Waals surface area (Å²) in [5, 5.41) is 12.3. The fourth-order valence-electron chi connectivity index (χ4n) is 2.88. The molecule has 0 aliphatic carbocycles. The second-order valence-electron chi connectivity index (χ2n) is 5.40. The van der Waals surface area contributed by atoms with E-state index in [2.05, 4.69) is 33.4 Å². The number of hydrogen-bond donors (Lipinski definition) is 1. The van der Waals surface area contributed by atoms with E-state index in [9.17, 15) is 0 Å². The topological polar surface area (TPSA) is 50.3 Å². The molecule has 19 heavy (non-hydrogen) atoms. The van der Waals surface area contributed by atoms with Gasteiger partial charge in [0.15, 0.2) is 5.82 Å². The van der Waals surface area contributed by atoms with E-state index in [1.807, 2.05) is 0 Å². The van der Waals surface area contributed by atoms with Gasteiger partial charge >= 0.3 is 0 Å². The summed E-state index contributed by atoms with van der Waals surface area (Å²) in [5.41, 5.74) is 2.39. The highest BCUT2D eigenvalue weighted by molar-refractivity contribution is 5.46. The van der Waals surface area contributed by atoms with Gasteiger partial charge in [-0.05, 0) is 31.4 Å². The van der Waals surface area contributed by atoms with Crippen molar-refractivity contribution in [1.82, 2.24) is 15.5 Å². The Morgan fingerprint density at radius 3 is 2.63 bits per heavy atom. The van der Waals surface area contributed by atoms with Crippen LogP contribution in [-0.4, -0.2) is 49.6 Å². The SMILES string of the molecule is Cc1cc(C2CCOCC2)nnc1N1CCNCC1. The molecular weight excluding hydrogens is 240 g/mol. The van der Waals surface area contributed by atoms with Gasteiger partial charge in [-0.2, -0.15) is 5.10 Å². The second kappa shape index (κ2) is 5.84. The summed E-state index contributed by atoms with van der Waals surface area (Å²) in [6, 6.07) is 2.22. The summed E-state index contributed by atoms with van der Waals surface area (Å²) in [6.07, 6.45) is 2.14. The normalized spacial score (nSPS) is 21.6. The Kier molecular flexibility index (Phi) is 3.94. The Bertz CT molecular complexity index is 425. The number of ether oxygens (including phenoxy) is 1. The molecule has 0 unspecified atom stereocenters. The molecule has 0 bridgehead atoms. The standard InChI is InChI=1S/C14H22N4O/c1-11-10-13(12-2-8-19-9-3-12)16-17-14(11)18-6-4-15-5-7-18/h10,12,15H,2-9H2,1H3. The van der Waals surface area contributed by atoms with E-state index >= 15 is 0 Å².